The number of aliphatic carboxylic acids is 1. The quantitative estimate of drug-likeness (QED) is 0.727. The number of nitrogens with zero attached hydrogens (tertiary/aromatic N) is 1. The molecule has 0 aliphatic carbocycles. The van der Waals surface area contributed by atoms with Crippen LogP contribution in [0.25, 0.3) is 0 Å². The van der Waals surface area contributed by atoms with Crippen LogP contribution < -0.4 is 4.72 Å². The van der Waals surface area contributed by atoms with Crippen molar-refractivity contribution in [2.75, 3.05) is 20.1 Å². The molecule has 0 amide bonds. The molecule has 0 heterocycles. The molecule has 6 nitrogen and oxygen atoms in total. The van der Waals surface area contributed by atoms with Crippen LogP contribution in [0.5, 0.6) is 0 Å². The zero-order valence-corrected chi connectivity index (χ0v) is 11.6. The summed E-state index contributed by atoms with van der Waals surface area (Å²) in [4.78, 5) is 10.4. The van der Waals surface area contributed by atoms with Gasteiger partial charge in [-0.15, -0.1) is 0 Å². The molecule has 0 saturated heterocycles. The molecule has 0 saturated carbocycles. The first-order valence-corrected chi connectivity index (χ1v) is 7.32. The molecule has 19 heavy (non-hydrogen) atoms. The van der Waals surface area contributed by atoms with Crippen molar-refractivity contribution < 1.29 is 18.3 Å². The van der Waals surface area contributed by atoms with E-state index in [-0.39, 0.29) is 19.5 Å². The third kappa shape index (κ3) is 5.82. The standard InChI is InChI=1S/C12H18N2O4S/c1-14(10-8-12(15)16)19(17,18)13-9-7-11-5-3-2-4-6-11/h2-6,13H,7-10H2,1H3,(H,15,16). The topological polar surface area (TPSA) is 86.7 Å². The summed E-state index contributed by atoms with van der Waals surface area (Å²) in [6.45, 7) is 0.236. The first-order valence-electron chi connectivity index (χ1n) is 5.88. The SMILES string of the molecule is CN(CCC(=O)O)S(=O)(=O)NCCc1ccccc1. The summed E-state index contributed by atoms with van der Waals surface area (Å²) in [6, 6.07) is 9.52. The normalized spacial score (nSPS) is 11.7. The highest BCUT2D eigenvalue weighted by atomic mass is 32.2. The zero-order chi connectivity index (χ0) is 14.3. The van der Waals surface area contributed by atoms with Gasteiger partial charge >= 0.3 is 5.97 Å². The molecule has 0 bridgehead atoms. The lowest BCUT2D eigenvalue weighted by molar-refractivity contribution is -0.137. The average Bonchev–Trinajstić information content (AvgIpc) is 2.36. The van der Waals surface area contributed by atoms with Crippen LogP contribution in [-0.2, 0) is 21.4 Å². The van der Waals surface area contributed by atoms with E-state index in [9.17, 15) is 13.2 Å². The fourth-order valence-corrected chi connectivity index (χ4v) is 2.36. The molecule has 0 unspecified atom stereocenters. The minimum absolute atomic E-state index is 0.0456. The predicted molar refractivity (Wildman–Crippen MR) is 72.0 cm³/mol. The molecule has 0 fully saturated rings. The second kappa shape index (κ2) is 7.22. The number of hydrogen-bond acceptors (Lipinski definition) is 3. The van der Waals surface area contributed by atoms with Crippen LogP contribution in [0.1, 0.15) is 12.0 Å². The molecule has 1 aromatic rings. The highest BCUT2D eigenvalue weighted by molar-refractivity contribution is 7.87. The smallest absolute Gasteiger partial charge is 0.304 e. The van der Waals surface area contributed by atoms with Gasteiger partial charge < -0.3 is 5.11 Å². The molecule has 0 spiro atoms. The van der Waals surface area contributed by atoms with Gasteiger partial charge in [-0.2, -0.15) is 12.7 Å². The van der Waals surface area contributed by atoms with Crippen molar-refractivity contribution in [1.29, 1.82) is 0 Å². The van der Waals surface area contributed by atoms with E-state index < -0.39 is 16.2 Å². The van der Waals surface area contributed by atoms with E-state index in [1.54, 1.807) is 0 Å². The molecule has 2 N–H and O–H groups in total. The van der Waals surface area contributed by atoms with Crippen LogP contribution in [0.3, 0.4) is 0 Å². The van der Waals surface area contributed by atoms with Crippen molar-refractivity contribution in [3.05, 3.63) is 35.9 Å². The van der Waals surface area contributed by atoms with E-state index in [1.165, 1.54) is 7.05 Å². The Morgan fingerprint density at radius 1 is 1.32 bits per heavy atom. The lowest BCUT2D eigenvalue weighted by atomic mass is 10.2. The van der Waals surface area contributed by atoms with Gasteiger partial charge in [-0.25, -0.2) is 4.72 Å². The Labute approximate surface area is 113 Å². The van der Waals surface area contributed by atoms with Crippen LogP contribution in [0, 0.1) is 0 Å². The van der Waals surface area contributed by atoms with Crippen LogP contribution >= 0.6 is 0 Å². The van der Waals surface area contributed by atoms with E-state index in [2.05, 4.69) is 4.72 Å². The van der Waals surface area contributed by atoms with Crippen LogP contribution in [-0.4, -0.2) is 43.9 Å². The highest BCUT2D eigenvalue weighted by Gasteiger charge is 2.17. The molecule has 1 aromatic carbocycles. The van der Waals surface area contributed by atoms with Crippen molar-refractivity contribution in [2.24, 2.45) is 0 Å². The number of carboxylic acids is 1. The van der Waals surface area contributed by atoms with Crippen molar-refractivity contribution >= 4 is 16.2 Å². The summed E-state index contributed by atoms with van der Waals surface area (Å²) >= 11 is 0. The summed E-state index contributed by atoms with van der Waals surface area (Å²) in [5.41, 5.74) is 1.04. The average molecular weight is 286 g/mol. The van der Waals surface area contributed by atoms with E-state index in [1.807, 2.05) is 30.3 Å². The maximum absolute atomic E-state index is 11.8. The Bertz CT molecular complexity index is 502. The van der Waals surface area contributed by atoms with Crippen LogP contribution in [0.4, 0.5) is 0 Å². The Balaban J connectivity index is 2.40. The molecular formula is C12H18N2O4S. The maximum Gasteiger partial charge on any atom is 0.304 e. The fourth-order valence-electron chi connectivity index (χ4n) is 1.45. The van der Waals surface area contributed by atoms with Gasteiger partial charge in [-0.05, 0) is 12.0 Å². The Morgan fingerprint density at radius 2 is 1.95 bits per heavy atom. The highest BCUT2D eigenvalue weighted by Crippen LogP contribution is 2.00. The molecule has 7 heteroatoms. The van der Waals surface area contributed by atoms with Crippen LogP contribution in [0.15, 0.2) is 30.3 Å². The lowest BCUT2D eigenvalue weighted by Gasteiger charge is -2.16. The Kier molecular flexibility index (Phi) is 5.94. The van der Waals surface area contributed by atoms with Gasteiger partial charge in [0.05, 0.1) is 6.42 Å². The van der Waals surface area contributed by atoms with Gasteiger partial charge in [0.15, 0.2) is 0 Å². The molecule has 0 aliphatic rings. The van der Waals surface area contributed by atoms with E-state index >= 15 is 0 Å². The Morgan fingerprint density at radius 3 is 2.53 bits per heavy atom. The Hall–Kier alpha value is -1.44. The molecule has 0 aliphatic heterocycles. The first kappa shape index (κ1) is 15.6. The molecule has 0 atom stereocenters. The third-order valence-electron chi connectivity index (χ3n) is 2.59. The van der Waals surface area contributed by atoms with Crippen LogP contribution in [0.2, 0.25) is 0 Å². The lowest BCUT2D eigenvalue weighted by Crippen LogP contribution is -2.40. The summed E-state index contributed by atoms with van der Waals surface area (Å²) in [7, 11) is -2.25. The van der Waals surface area contributed by atoms with Crippen molar-refractivity contribution in [1.82, 2.24) is 9.03 Å². The van der Waals surface area contributed by atoms with Crippen molar-refractivity contribution in [3.8, 4) is 0 Å². The summed E-state index contributed by atoms with van der Waals surface area (Å²) < 4.78 is 27.0. The molecular weight excluding hydrogens is 268 g/mol. The number of carbonyl (C=O) groups is 1. The van der Waals surface area contributed by atoms with Gasteiger partial charge in [0.25, 0.3) is 10.2 Å². The fraction of sp³-hybridized carbons (Fsp3) is 0.417. The number of nitrogens with one attached hydrogen (secondary N) is 1. The van der Waals surface area contributed by atoms with E-state index in [0.717, 1.165) is 9.87 Å². The van der Waals surface area contributed by atoms with Gasteiger partial charge in [0.2, 0.25) is 0 Å². The van der Waals surface area contributed by atoms with Crippen molar-refractivity contribution in [3.63, 3.8) is 0 Å². The minimum Gasteiger partial charge on any atom is -0.481 e. The van der Waals surface area contributed by atoms with Crippen molar-refractivity contribution in [2.45, 2.75) is 12.8 Å². The maximum atomic E-state index is 11.8. The van der Waals surface area contributed by atoms with E-state index in [0.29, 0.717) is 6.42 Å². The second-order valence-corrected chi connectivity index (χ2v) is 5.96. The molecule has 1 rings (SSSR count). The number of rotatable bonds is 8. The molecule has 0 aromatic heterocycles. The minimum atomic E-state index is -3.61. The number of hydrogen-bond donors (Lipinski definition) is 2. The number of benzene rings is 1. The summed E-state index contributed by atoms with van der Waals surface area (Å²) in [6.07, 6.45) is 0.378. The third-order valence-corrected chi connectivity index (χ3v) is 4.16. The van der Waals surface area contributed by atoms with Gasteiger partial charge in [0.1, 0.15) is 0 Å². The summed E-state index contributed by atoms with van der Waals surface area (Å²) in [5, 5.41) is 8.51. The second-order valence-electron chi connectivity index (χ2n) is 4.10. The van der Waals surface area contributed by atoms with E-state index in [4.69, 9.17) is 5.11 Å². The van der Waals surface area contributed by atoms with Gasteiger partial charge in [-0.3, -0.25) is 4.79 Å². The first-order chi connectivity index (χ1) is 8.92. The zero-order valence-electron chi connectivity index (χ0n) is 10.7. The number of carboxylic acid groups (broad SMARTS) is 1. The van der Waals surface area contributed by atoms with Gasteiger partial charge in [-0.1, -0.05) is 30.3 Å². The summed E-state index contributed by atoms with van der Waals surface area (Å²) in [5.74, 6) is -1.02. The largest absolute Gasteiger partial charge is 0.481 e. The molecule has 0 radical (unpaired) electrons. The van der Waals surface area contributed by atoms with Gasteiger partial charge in [0, 0.05) is 20.1 Å². The predicted octanol–water partition coefficient (Wildman–Crippen LogP) is 0.470. The monoisotopic (exact) mass is 286 g/mol. The molecule has 106 valence electrons.